The van der Waals surface area contributed by atoms with Gasteiger partial charge in [-0.05, 0) is 77.0 Å². The highest BCUT2D eigenvalue weighted by molar-refractivity contribution is 5.93. The van der Waals surface area contributed by atoms with Gasteiger partial charge in [-0.3, -0.25) is 9.59 Å². The van der Waals surface area contributed by atoms with Gasteiger partial charge in [-0.2, -0.15) is 0 Å². The van der Waals surface area contributed by atoms with Crippen LogP contribution in [0.5, 0.6) is 0 Å². The molecule has 0 aliphatic heterocycles. The molecule has 0 unspecified atom stereocenters. The summed E-state index contributed by atoms with van der Waals surface area (Å²) in [4.78, 5) is 52.2. The first-order valence-electron chi connectivity index (χ1n) is 14.9. The Morgan fingerprint density at radius 2 is 0.947 bits per heavy atom. The molecule has 9 heteroatoms. The monoisotopic (exact) mass is 535 g/mol. The highest BCUT2D eigenvalue weighted by Gasteiger charge is 2.39. The molecular weight excluding hydrogens is 486 g/mol. The lowest BCUT2D eigenvalue weighted by atomic mass is 9.81. The summed E-state index contributed by atoms with van der Waals surface area (Å²) in [6.07, 6.45) is 13.3. The fourth-order valence-corrected chi connectivity index (χ4v) is 6.50. The number of amides is 3. The van der Waals surface area contributed by atoms with Crippen LogP contribution in [0.3, 0.4) is 0 Å². The van der Waals surface area contributed by atoms with Crippen molar-refractivity contribution in [1.82, 2.24) is 16.0 Å². The van der Waals surface area contributed by atoms with Gasteiger partial charge in [0, 0.05) is 0 Å². The van der Waals surface area contributed by atoms with Crippen LogP contribution < -0.4 is 16.0 Å². The summed E-state index contributed by atoms with van der Waals surface area (Å²) in [5, 5.41) is 18.5. The number of rotatable bonds is 9. The highest BCUT2D eigenvalue weighted by atomic mass is 16.6. The molecule has 0 aromatic heterocycles. The predicted molar refractivity (Wildman–Crippen MR) is 144 cm³/mol. The number of aliphatic carboxylic acids is 1. The Morgan fingerprint density at radius 1 is 0.605 bits per heavy atom. The molecule has 3 fully saturated rings. The topological polar surface area (TPSA) is 134 Å². The van der Waals surface area contributed by atoms with Gasteiger partial charge in [-0.25, -0.2) is 9.59 Å². The van der Waals surface area contributed by atoms with Gasteiger partial charge in [0.1, 0.15) is 23.7 Å². The largest absolute Gasteiger partial charge is 0.480 e. The molecular formula is C29H49N3O6. The van der Waals surface area contributed by atoms with Crippen LogP contribution in [0.4, 0.5) is 4.79 Å². The van der Waals surface area contributed by atoms with Crippen molar-refractivity contribution in [2.75, 3.05) is 0 Å². The van der Waals surface area contributed by atoms with Crippen molar-refractivity contribution in [2.45, 2.75) is 141 Å². The second-order valence-electron chi connectivity index (χ2n) is 12.6. The summed E-state index contributed by atoms with van der Waals surface area (Å²) in [5.41, 5.74) is -0.701. The maximum atomic E-state index is 13.7. The van der Waals surface area contributed by atoms with E-state index >= 15 is 0 Å². The number of carbonyl (C=O) groups excluding carboxylic acids is 3. The zero-order valence-corrected chi connectivity index (χ0v) is 23.6. The molecule has 0 aromatic carbocycles. The highest BCUT2D eigenvalue weighted by Crippen LogP contribution is 2.30. The number of hydrogen-bond acceptors (Lipinski definition) is 5. The molecule has 3 amide bonds. The lowest BCUT2D eigenvalue weighted by Crippen LogP contribution is -2.60. The van der Waals surface area contributed by atoms with E-state index in [0.29, 0.717) is 0 Å². The second-order valence-corrected chi connectivity index (χ2v) is 12.6. The molecule has 0 aromatic rings. The van der Waals surface area contributed by atoms with Crippen LogP contribution in [-0.4, -0.2) is 52.7 Å². The van der Waals surface area contributed by atoms with E-state index in [-0.39, 0.29) is 17.8 Å². The third-order valence-corrected chi connectivity index (χ3v) is 8.46. The van der Waals surface area contributed by atoms with Crippen LogP contribution in [-0.2, 0) is 19.1 Å². The van der Waals surface area contributed by atoms with Crippen LogP contribution in [0.1, 0.15) is 117 Å². The van der Waals surface area contributed by atoms with Gasteiger partial charge in [-0.1, -0.05) is 57.8 Å². The van der Waals surface area contributed by atoms with Crippen molar-refractivity contribution >= 4 is 23.9 Å². The number of ether oxygens (including phenoxy) is 1. The number of carboxylic acid groups (broad SMARTS) is 1. The third-order valence-electron chi connectivity index (χ3n) is 8.46. The summed E-state index contributed by atoms with van der Waals surface area (Å²) < 4.78 is 5.45. The predicted octanol–water partition coefficient (Wildman–Crippen LogP) is 4.67. The minimum Gasteiger partial charge on any atom is -0.480 e. The Hall–Kier alpha value is -2.32. The number of hydrogen-bond donors (Lipinski definition) is 4. The molecule has 3 atom stereocenters. The Bertz CT molecular complexity index is 808. The standard InChI is InChI=1S/C29H49N3O6/c1-29(2,3)38-28(37)32-23(20-15-9-5-10-16-20)26(34)30-22(19-13-7-4-8-14-19)25(33)31-24(27(35)36)21-17-11-6-12-18-21/h19-24H,4-18H2,1-3H3,(H,30,34)(H,31,33)(H,32,37)(H,35,36)/t22-,23-,24-/m0/s1. The van der Waals surface area contributed by atoms with Crippen molar-refractivity contribution in [3.05, 3.63) is 0 Å². The third kappa shape index (κ3) is 9.16. The first-order valence-corrected chi connectivity index (χ1v) is 14.9. The zero-order chi connectivity index (χ0) is 27.7. The summed E-state index contributed by atoms with van der Waals surface area (Å²) in [6.45, 7) is 5.32. The van der Waals surface area contributed by atoms with Gasteiger partial charge >= 0.3 is 12.1 Å². The second kappa shape index (κ2) is 14.2. The van der Waals surface area contributed by atoms with Gasteiger partial charge in [0.15, 0.2) is 0 Å². The SMILES string of the molecule is CC(C)(C)OC(=O)N[C@H](C(=O)N[C@H](C(=O)N[C@H](C(=O)O)C1CCCCC1)C1CCCCC1)C1CCCCC1. The number of alkyl carbamates (subject to hydrolysis) is 1. The first kappa shape index (κ1) is 30.2. The average molecular weight is 536 g/mol. The summed E-state index contributed by atoms with van der Waals surface area (Å²) >= 11 is 0. The molecule has 0 bridgehead atoms. The van der Waals surface area contributed by atoms with Crippen molar-refractivity contribution in [2.24, 2.45) is 17.8 Å². The molecule has 4 N–H and O–H groups in total. The van der Waals surface area contributed by atoms with E-state index in [0.717, 1.165) is 96.3 Å². The molecule has 3 aliphatic carbocycles. The Kier molecular flexibility index (Phi) is 11.3. The van der Waals surface area contributed by atoms with Gasteiger partial charge in [0.05, 0.1) is 0 Å². The Morgan fingerprint density at radius 3 is 1.32 bits per heavy atom. The quantitative estimate of drug-likeness (QED) is 0.339. The van der Waals surface area contributed by atoms with E-state index in [1.165, 1.54) is 0 Å². The smallest absolute Gasteiger partial charge is 0.408 e. The Balaban J connectivity index is 1.78. The summed E-state index contributed by atoms with van der Waals surface area (Å²) in [5.74, 6) is -2.05. The van der Waals surface area contributed by atoms with Gasteiger partial charge in [0.25, 0.3) is 0 Å². The fourth-order valence-electron chi connectivity index (χ4n) is 6.50. The molecule has 3 rings (SSSR count). The first-order chi connectivity index (χ1) is 18.0. The molecule has 0 radical (unpaired) electrons. The van der Waals surface area contributed by atoms with Crippen molar-refractivity contribution in [3.63, 3.8) is 0 Å². The minimum atomic E-state index is -1.02. The zero-order valence-electron chi connectivity index (χ0n) is 23.6. The average Bonchev–Trinajstić information content (AvgIpc) is 2.89. The number of carboxylic acids is 1. The maximum absolute atomic E-state index is 13.7. The van der Waals surface area contributed by atoms with Crippen molar-refractivity contribution < 1.29 is 29.0 Å². The van der Waals surface area contributed by atoms with Gasteiger partial charge in [0.2, 0.25) is 11.8 Å². The van der Waals surface area contributed by atoms with Crippen molar-refractivity contribution in [1.29, 1.82) is 0 Å². The number of carbonyl (C=O) groups is 4. The molecule has 9 nitrogen and oxygen atoms in total. The van der Waals surface area contributed by atoms with E-state index in [1.54, 1.807) is 20.8 Å². The van der Waals surface area contributed by atoms with Crippen LogP contribution in [0.2, 0.25) is 0 Å². The van der Waals surface area contributed by atoms with Crippen LogP contribution in [0.15, 0.2) is 0 Å². The molecule has 0 spiro atoms. The van der Waals surface area contributed by atoms with E-state index in [9.17, 15) is 24.3 Å². The molecule has 0 saturated heterocycles. The van der Waals surface area contributed by atoms with E-state index in [4.69, 9.17) is 4.74 Å². The maximum Gasteiger partial charge on any atom is 0.408 e. The molecule has 3 saturated carbocycles. The molecule has 216 valence electrons. The number of nitrogens with one attached hydrogen (secondary N) is 3. The van der Waals surface area contributed by atoms with Crippen LogP contribution in [0.25, 0.3) is 0 Å². The fraction of sp³-hybridized carbons (Fsp3) is 0.862. The van der Waals surface area contributed by atoms with Gasteiger partial charge < -0.3 is 25.8 Å². The Labute approximate surface area is 227 Å². The summed E-state index contributed by atoms with van der Waals surface area (Å²) in [6, 6.07) is -2.60. The van der Waals surface area contributed by atoms with Crippen LogP contribution in [0, 0.1) is 17.8 Å². The minimum absolute atomic E-state index is 0.0413. The van der Waals surface area contributed by atoms with Crippen molar-refractivity contribution in [3.8, 4) is 0 Å². The lowest BCUT2D eigenvalue weighted by Gasteiger charge is -2.35. The van der Waals surface area contributed by atoms with E-state index in [1.807, 2.05) is 0 Å². The lowest BCUT2D eigenvalue weighted by molar-refractivity contribution is -0.144. The van der Waals surface area contributed by atoms with E-state index < -0.39 is 47.6 Å². The normalized spacial score (nSPS) is 22.5. The summed E-state index contributed by atoms with van der Waals surface area (Å²) in [7, 11) is 0. The van der Waals surface area contributed by atoms with Crippen LogP contribution >= 0.6 is 0 Å². The molecule has 3 aliphatic rings. The molecule has 38 heavy (non-hydrogen) atoms. The molecule has 0 heterocycles. The van der Waals surface area contributed by atoms with Gasteiger partial charge in [-0.15, -0.1) is 0 Å². The van der Waals surface area contributed by atoms with E-state index in [2.05, 4.69) is 16.0 Å².